The molecule has 5 aromatic rings. The third-order valence-corrected chi connectivity index (χ3v) is 7.39. The first-order valence-electron chi connectivity index (χ1n) is 10.7. The highest BCUT2D eigenvalue weighted by Crippen LogP contribution is 2.35. The number of halogens is 4. The Hall–Kier alpha value is -3.16. The van der Waals surface area contributed by atoms with Crippen LogP contribution in [0, 0.1) is 9.39 Å². The summed E-state index contributed by atoms with van der Waals surface area (Å²) in [6.07, 6.45) is 2.79. The molecule has 3 heterocycles. The largest absolute Gasteiger partial charge is 0.345 e. The molecule has 0 bridgehead atoms. The van der Waals surface area contributed by atoms with Crippen molar-refractivity contribution in [1.82, 2.24) is 23.2 Å². The number of hydrogen-bond donors (Lipinski definition) is 2. The SMILES string of the molecule is O=c1c(Cl)c2c(c(Nc3ccc(I)cc3F)n1Cl)c(=O)n(C1CC1)c(=O)n2-c1ccc2nc[nH]c2c1. The lowest BCUT2D eigenvalue weighted by Gasteiger charge is -2.19. The summed E-state index contributed by atoms with van der Waals surface area (Å²) in [6.45, 7) is 0. The van der Waals surface area contributed by atoms with Gasteiger partial charge < -0.3 is 10.3 Å². The van der Waals surface area contributed by atoms with Crippen LogP contribution >= 0.6 is 46.0 Å². The van der Waals surface area contributed by atoms with Crippen molar-refractivity contribution in [1.29, 1.82) is 0 Å². The number of hydrogen-bond acceptors (Lipinski definition) is 5. The molecule has 0 saturated heterocycles. The number of rotatable bonds is 4. The number of aromatic amines is 1. The van der Waals surface area contributed by atoms with Crippen molar-refractivity contribution >= 4 is 79.4 Å². The van der Waals surface area contributed by atoms with Gasteiger partial charge in [0.05, 0.1) is 34.3 Å². The second-order valence-electron chi connectivity index (χ2n) is 8.35. The van der Waals surface area contributed by atoms with Gasteiger partial charge in [-0.25, -0.2) is 18.3 Å². The fraction of sp³-hybridized carbons (Fsp3) is 0.130. The summed E-state index contributed by atoms with van der Waals surface area (Å²) in [5, 5.41) is 2.24. The van der Waals surface area contributed by atoms with Gasteiger partial charge in [-0.3, -0.25) is 18.7 Å². The van der Waals surface area contributed by atoms with Crippen molar-refractivity contribution in [3.63, 3.8) is 0 Å². The zero-order valence-corrected chi connectivity index (χ0v) is 21.7. The van der Waals surface area contributed by atoms with E-state index in [0.717, 1.165) is 4.57 Å². The van der Waals surface area contributed by atoms with Crippen LogP contribution in [0.4, 0.5) is 15.9 Å². The van der Waals surface area contributed by atoms with Crippen molar-refractivity contribution in [2.24, 2.45) is 0 Å². The van der Waals surface area contributed by atoms with Crippen LogP contribution in [-0.2, 0) is 0 Å². The number of aromatic nitrogens is 5. The molecule has 0 amide bonds. The molecule has 9 nitrogen and oxygen atoms in total. The Labute approximate surface area is 224 Å². The average molecular weight is 639 g/mol. The maximum atomic E-state index is 14.7. The summed E-state index contributed by atoms with van der Waals surface area (Å²) in [4.78, 5) is 47.6. The van der Waals surface area contributed by atoms with Gasteiger partial charge in [-0.15, -0.1) is 0 Å². The molecule has 1 fully saturated rings. The van der Waals surface area contributed by atoms with Crippen molar-refractivity contribution in [3.8, 4) is 5.69 Å². The number of H-pyrrole nitrogens is 1. The number of anilines is 2. The Kier molecular flexibility index (Phi) is 5.46. The van der Waals surface area contributed by atoms with Crippen molar-refractivity contribution in [3.05, 3.63) is 88.3 Å². The van der Waals surface area contributed by atoms with Gasteiger partial charge in [0.25, 0.3) is 11.1 Å². The predicted molar refractivity (Wildman–Crippen MR) is 145 cm³/mol. The maximum absolute atomic E-state index is 14.7. The van der Waals surface area contributed by atoms with E-state index >= 15 is 0 Å². The second kappa shape index (κ2) is 8.46. The second-order valence-corrected chi connectivity index (χ2v) is 10.3. The summed E-state index contributed by atoms with van der Waals surface area (Å²) < 4.78 is 18.3. The summed E-state index contributed by atoms with van der Waals surface area (Å²) in [5.41, 5.74) is -0.681. The first-order valence-corrected chi connectivity index (χ1v) is 12.5. The smallest absolute Gasteiger partial charge is 0.336 e. The van der Waals surface area contributed by atoms with Crippen LogP contribution in [-0.4, -0.2) is 23.2 Å². The molecule has 1 aliphatic carbocycles. The van der Waals surface area contributed by atoms with E-state index in [4.69, 9.17) is 23.4 Å². The molecule has 3 aromatic heterocycles. The van der Waals surface area contributed by atoms with Gasteiger partial charge in [-0.2, -0.15) is 0 Å². The van der Waals surface area contributed by atoms with Crippen LogP contribution in [0.2, 0.25) is 5.02 Å². The molecule has 182 valence electrons. The Bertz CT molecular complexity index is 1910. The molecule has 1 saturated carbocycles. The molecule has 0 atom stereocenters. The summed E-state index contributed by atoms with van der Waals surface area (Å²) in [6, 6.07) is 9.09. The van der Waals surface area contributed by atoms with E-state index in [1.807, 2.05) is 22.6 Å². The first kappa shape index (κ1) is 23.3. The van der Waals surface area contributed by atoms with Crippen LogP contribution in [0.3, 0.4) is 0 Å². The molecule has 1 aliphatic rings. The van der Waals surface area contributed by atoms with Crippen LogP contribution in [0.1, 0.15) is 18.9 Å². The molecular formula is C23H14Cl2FIN6O3. The van der Waals surface area contributed by atoms with E-state index in [2.05, 4.69) is 15.3 Å². The number of nitrogens with zero attached hydrogens (tertiary/aromatic N) is 4. The quantitative estimate of drug-likeness (QED) is 0.278. The number of imidazole rings is 1. The number of fused-ring (bicyclic) bond motifs is 2. The monoisotopic (exact) mass is 638 g/mol. The molecule has 2 N–H and O–H groups in total. The van der Waals surface area contributed by atoms with Gasteiger partial charge in [-0.1, -0.05) is 11.6 Å². The molecule has 13 heteroatoms. The highest BCUT2D eigenvalue weighted by molar-refractivity contribution is 14.1. The number of pyridine rings is 1. The minimum atomic E-state index is -0.876. The average Bonchev–Trinajstić information content (AvgIpc) is 3.57. The zero-order chi connectivity index (χ0) is 25.3. The highest BCUT2D eigenvalue weighted by Gasteiger charge is 2.32. The predicted octanol–water partition coefficient (Wildman–Crippen LogP) is 4.67. The van der Waals surface area contributed by atoms with Crippen molar-refractivity contribution in [2.45, 2.75) is 18.9 Å². The van der Waals surface area contributed by atoms with Crippen LogP contribution in [0.15, 0.2) is 57.1 Å². The fourth-order valence-corrected chi connectivity index (χ4v) is 5.19. The Balaban J connectivity index is 1.76. The lowest BCUT2D eigenvalue weighted by atomic mass is 10.2. The molecule has 0 unspecified atom stereocenters. The molecular weight excluding hydrogens is 625 g/mol. The number of nitrogens with one attached hydrogen (secondary N) is 2. The Morgan fingerprint density at radius 1 is 1.11 bits per heavy atom. The minimum absolute atomic E-state index is 0.0122. The Morgan fingerprint density at radius 2 is 1.89 bits per heavy atom. The topological polar surface area (TPSA) is 107 Å². The standard InChI is InChI=1S/C23H14Cl2FIN6O3/c24-18-19-17(20(33(25)22(18)35)30-14-5-1-10(27)7-13(14)26)21(34)32(11-2-3-11)23(36)31(19)12-4-6-15-16(8-12)29-9-28-15/h1,4-9,11,30H,2-3H2,(H,28,29). The third kappa shape index (κ3) is 3.56. The molecule has 0 aliphatic heterocycles. The first-order chi connectivity index (χ1) is 17.3. The number of benzene rings is 2. The highest BCUT2D eigenvalue weighted by atomic mass is 127. The van der Waals surface area contributed by atoms with Crippen LogP contribution in [0.25, 0.3) is 27.6 Å². The molecule has 0 radical (unpaired) electrons. The van der Waals surface area contributed by atoms with Crippen LogP contribution < -0.4 is 22.1 Å². The van der Waals surface area contributed by atoms with E-state index in [9.17, 15) is 18.8 Å². The maximum Gasteiger partial charge on any atom is 0.336 e. The summed E-state index contributed by atoms with van der Waals surface area (Å²) in [5.74, 6) is -0.813. The molecule has 6 rings (SSSR count). The lowest BCUT2D eigenvalue weighted by molar-refractivity contribution is 0.630. The normalized spacial score (nSPS) is 13.6. The summed E-state index contributed by atoms with van der Waals surface area (Å²) >= 11 is 14.7. The van der Waals surface area contributed by atoms with Gasteiger partial charge in [0.2, 0.25) is 0 Å². The van der Waals surface area contributed by atoms with Crippen LogP contribution in [0.5, 0.6) is 0 Å². The van der Waals surface area contributed by atoms with E-state index in [0.29, 0.717) is 37.2 Å². The van der Waals surface area contributed by atoms with Gasteiger partial charge >= 0.3 is 5.69 Å². The molecule has 36 heavy (non-hydrogen) atoms. The third-order valence-electron chi connectivity index (χ3n) is 6.06. The Morgan fingerprint density at radius 3 is 2.61 bits per heavy atom. The van der Waals surface area contributed by atoms with E-state index in [1.54, 1.807) is 24.3 Å². The summed E-state index contributed by atoms with van der Waals surface area (Å²) in [7, 11) is 0. The lowest BCUT2D eigenvalue weighted by Crippen LogP contribution is -2.40. The van der Waals surface area contributed by atoms with Gasteiger partial charge in [0, 0.05) is 21.4 Å². The fourth-order valence-electron chi connectivity index (χ4n) is 4.22. The zero-order valence-electron chi connectivity index (χ0n) is 18.1. The van der Waals surface area contributed by atoms with E-state index in [1.165, 1.54) is 23.0 Å². The van der Waals surface area contributed by atoms with Crippen molar-refractivity contribution < 1.29 is 4.39 Å². The van der Waals surface area contributed by atoms with Crippen molar-refractivity contribution in [2.75, 3.05) is 5.32 Å². The molecule has 0 spiro atoms. The molecule has 2 aromatic carbocycles. The van der Waals surface area contributed by atoms with Gasteiger partial charge in [-0.05, 0) is 71.8 Å². The van der Waals surface area contributed by atoms with E-state index in [-0.39, 0.29) is 28.5 Å². The van der Waals surface area contributed by atoms with E-state index < -0.39 is 27.6 Å². The minimum Gasteiger partial charge on any atom is -0.345 e. The van der Waals surface area contributed by atoms with Gasteiger partial charge in [0.15, 0.2) is 0 Å². The van der Waals surface area contributed by atoms with Gasteiger partial charge in [0.1, 0.15) is 22.0 Å².